The third-order valence-corrected chi connectivity index (χ3v) is 5.08. The number of hydrogen-bond donors (Lipinski definition) is 1. The molecule has 3 atom stereocenters. The molecule has 2 N–H and O–H groups in total. The van der Waals surface area contributed by atoms with Gasteiger partial charge in [-0.25, -0.2) is 0 Å². The van der Waals surface area contributed by atoms with Crippen molar-refractivity contribution in [1.29, 1.82) is 0 Å². The number of benzene rings is 1. The van der Waals surface area contributed by atoms with E-state index in [1.807, 2.05) is 6.92 Å². The number of nitrogens with zero attached hydrogens (tertiary/aromatic N) is 1. The lowest BCUT2D eigenvalue weighted by Gasteiger charge is -2.42. The quantitative estimate of drug-likeness (QED) is 0.876. The summed E-state index contributed by atoms with van der Waals surface area (Å²) in [6.07, 6.45) is 7.21. The maximum Gasteiger partial charge on any atom is 0.0366 e. The van der Waals surface area contributed by atoms with Crippen LogP contribution in [-0.2, 0) is 0 Å². The summed E-state index contributed by atoms with van der Waals surface area (Å²) >= 11 is 0. The van der Waals surface area contributed by atoms with Gasteiger partial charge in [0.2, 0.25) is 0 Å². The molecule has 3 rings (SSSR count). The molecule has 104 valence electrons. The molecule has 0 spiro atoms. The maximum absolute atomic E-state index is 5.92. The minimum atomic E-state index is 0.137. The highest BCUT2D eigenvalue weighted by atomic mass is 15.1. The highest BCUT2D eigenvalue weighted by Crippen LogP contribution is 2.37. The summed E-state index contributed by atoms with van der Waals surface area (Å²) in [7, 11) is 0. The van der Waals surface area contributed by atoms with Gasteiger partial charge < -0.3 is 10.6 Å². The number of anilines is 1. The van der Waals surface area contributed by atoms with E-state index >= 15 is 0 Å². The average Bonchev–Trinajstić information content (AvgIpc) is 2.47. The van der Waals surface area contributed by atoms with E-state index in [0.717, 1.165) is 11.8 Å². The van der Waals surface area contributed by atoms with Crippen LogP contribution in [-0.4, -0.2) is 13.1 Å². The van der Waals surface area contributed by atoms with E-state index in [-0.39, 0.29) is 6.04 Å². The topological polar surface area (TPSA) is 29.3 Å². The number of fused-ring (bicyclic) bond motifs is 1. The molecule has 0 amide bonds. The molecular formula is C17H26N2. The number of hydrogen-bond acceptors (Lipinski definition) is 2. The molecule has 0 radical (unpaired) electrons. The fraction of sp³-hybridized carbons (Fsp3) is 0.647. The Morgan fingerprint density at radius 3 is 2.42 bits per heavy atom. The molecule has 2 aliphatic rings. The Balaban J connectivity index is 1.69. The van der Waals surface area contributed by atoms with Crippen LogP contribution in [0.4, 0.5) is 5.69 Å². The van der Waals surface area contributed by atoms with Gasteiger partial charge in [0.25, 0.3) is 0 Å². The summed E-state index contributed by atoms with van der Waals surface area (Å²) in [4.78, 5) is 2.58. The van der Waals surface area contributed by atoms with Gasteiger partial charge in [0.05, 0.1) is 0 Å². The zero-order chi connectivity index (χ0) is 13.2. The van der Waals surface area contributed by atoms with Gasteiger partial charge in [0, 0.05) is 24.8 Å². The lowest BCUT2D eigenvalue weighted by Crippen LogP contribution is -2.41. The first-order valence-corrected chi connectivity index (χ1v) is 7.84. The van der Waals surface area contributed by atoms with Gasteiger partial charge in [-0.1, -0.05) is 31.4 Å². The lowest BCUT2D eigenvalue weighted by molar-refractivity contribution is 0.202. The van der Waals surface area contributed by atoms with Gasteiger partial charge >= 0.3 is 0 Å². The SMILES string of the molecule is C[C@H](N)c1ccc(N2CCC3CCCCC3C2)cc1. The van der Waals surface area contributed by atoms with Gasteiger partial charge in [-0.3, -0.25) is 0 Å². The lowest BCUT2D eigenvalue weighted by atomic mass is 9.75. The second-order valence-electron chi connectivity index (χ2n) is 6.42. The molecule has 1 aliphatic carbocycles. The highest BCUT2D eigenvalue weighted by Gasteiger charge is 2.31. The van der Waals surface area contributed by atoms with E-state index in [9.17, 15) is 0 Å². The predicted molar refractivity (Wildman–Crippen MR) is 81.3 cm³/mol. The monoisotopic (exact) mass is 258 g/mol. The van der Waals surface area contributed by atoms with Crippen molar-refractivity contribution < 1.29 is 0 Å². The van der Waals surface area contributed by atoms with Gasteiger partial charge in [0.1, 0.15) is 0 Å². The molecule has 1 saturated heterocycles. The summed E-state index contributed by atoms with van der Waals surface area (Å²) in [6, 6.07) is 9.02. The Labute approximate surface area is 117 Å². The zero-order valence-corrected chi connectivity index (χ0v) is 12.0. The van der Waals surface area contributed by atoms with Crippen LogP contribution in [0.2, 0.25) is 0 Å². The Kier molecular flexibility index (Phi) is 3.79. The van der Waals surface area contributed by atoms with Gasteiger partial charge in [-0.05, 0) is 49.3 Å². The minimum absolute atomic E-state index is 0.137. The molecule has 0 aromatic heterocycles. The van der Waals surface area contributed by atoms with Crippen molar-refractivity contribution in [2.45, 2.75) is 45.1 Å². The first kappa shape index (κ1) is 13.0. The summed E-state index contributed by atoms with van der Waals surface area (Å²) in [5.41, 5.74) is 8.53. The fourth-order valence-corrected chi connectivity index (χ4v) is 3.82. The van der Waals surface area contributed by atoms with E-state index in [1.165, 1.54) is 56.4 Å². The highest BCUT2D eigenvalue weighted by molar-refractivity contribution is 5.48. The molecule has 19 heavy (non-hydrogen) atoms. The summed E-state index contributed by atoms with van der Waals surface area (Å²) in [6.45, 7) is 4.55. The molecule has 0 bridgehead atoms. The minimum Gasteiger partial charge on any atom is -0.371 e. The second kappa shape index (κ2) is 5.54. The van der Waals surface area contributed by atoms with E-state index < -0.39 is 0 Å². The second-order valence-corrected chi connectivity index (χ2v) is 6.42. The standard InChI is InChI=1S/C17H26N2/c1-13(18)14-6-8-17(9-7-14)19-11-10-15-4-2-3-5-16(15)12-19/h6-9,13,15-16H,2-5,10-12,18H2,1H3/t13-,15?,16?/m0/s1. The maximum atomic E-state index is 5.92. The largest absolute Gasteiger partial charge is 0.371 e. The van der Waals surface area contributed by atoms with E-state index in [0.29, 0.717) is 0 Å². The molecule has 1 saturated carbocycles. The van der Waals surface area contributed by atoms with Crippen molar-refractivity contribution in [3.05, 3.63) is 29.8 Å². The molecule has 1 aromatic rings. The first-order valence-electron chi connectivity index (χ1n) is 7.84. The van der Waals surface area contributed by atoms with Crippen LogP contribution in [0.3, 0.4) is 0 Å². The summed E-state index contributed by atoms with van der Waals surface area (Å²) in [5, 5.41) is 0. The predicted octanol–water partition coefficient (Wildman–Crippen LogP) is 3.72. The molecule has 1 aromatic carbocycles. The molecule has 2 heteroatoms. The van der Waals surface area contributed by atoms with E-state index in [4.69, 9.17) is 5.73 Å². The van der Waals surface area contributed by atoms with Gasteiger partial charge in [-0.2, -0.15) is 0 Å². The number of nitrogens with two attached hydrogens (primary N) is 1. The molecule has 2 unspecified atom stereocenters. The third-order valence-electron chi connectivity index (χ3n) is 5.08. The van der Waals surface area contributed by atoms with Crippen molar-refractivity contribution in [3.63, 3.8) is 0 Å². The van der Waals surface area contributed by atoms with Crippen molar-refractivity contribution in [3.8, 4) is 0 Å². The molecule has 2 nitrogen and oxygen atoms in total. The van der Waals surface area contributed by atoms with Crippen LogP contribution in [0.1, 0.15) is 50.6 Å². The van der Waals surface area contributed by atoms with Crippen LogP contribution < -0.4 is 10.6 Å². The number of piperidine rings is 1. The van der Waals surface area contributed by atoms with Crippen LogP contribution in [0.25, 0.3) is 0 Å². The smallest absolute Gasteiger partial charge is 0.0366 e. The summed E-state index contributed by atoms with van der Waals surface area (Å²) in [5.74, 6) is 1.95. The van der Waals surface area contributed by atoms with Crippen LogP contribution in [0.5, 0.6) is 0 Å². The van der Waals surface area contributed by atoms with Crippen molar-refractivity contribution in [1.82, 2.24) is 0 Å². The van der Waals surface area contributed by atoms with Gasteiger partial charge in [-0.15, -0.1) is 0 Å². The van der Waals surface area contributed by atoms with Crippen molar-refractivity contribution in [2.24, 2.45) is 17.6 Å². The Morgan fingerprint density at radius 1 is 1.05 bits per heavy atom. The molecular weight excluding hydrogens is 232 g/mol. The van der Waals surface area contributed by atoms with E-state index in [1.54, 1.807) is 0 Å². The Morgan fingerprint density at radius 2 is 1.74 bits per heavy atom. The fourth-order valence-electron chi connectivity index (χ4n) is 3.82. The number of rotatable bonds is 2. The van der Waals surface area contributed by atoms with E-state index in [2.05, 4.69) is 29.2 Å². The molecule has 1 heterocycles. The zero-order valence-electron chi connectivity index (χ0n) is 12.0. The third kappa shape index (κ3) is 2.79. The normalized spacial score (nSPS) is 28.8. The van der Waals surface area contributed by atoms with Crippen LogP contribution >= 0.6 is 0 Å². The van der Waals surface area contributed by atoms with Crippen molar-refractivity contribution >= 4 is 5.69 Å². The average molecular weight is 258 g/mol. The molecule has 1 aliphatic heterocycles. The van der Waals surface area contributed by atoms with Crippen molar-refractivity contribution in [2.75, 3.05) is 18.0 Å². The molecule has 2 fully saturated rings. The Hall–Kier alpha value is -1.02. The van der Waals surface area contributed by atoms with Crippen LogP contribution in [0.15, 0.2) is 24.3 Å². The Bertz CT molecular complexity index is 410. The van der Waals surface area contributed by atoms with Gasteiger partial charge in [0.15, 0.2) is 0 Å². The first-order chi connectivity index (χ1) is 9.24. The summed E-state index contributed by atoms with van der Waals surface area (Å²) < 4.78 is 0. The van der Waals surface area contributed by atoms with Crippen LogP contribution in [0, 0.1) is 11.8 Å².